The summed E-state index contributed by atoms with van der Waals surface area (Å²) in [4.78, 5) is 13.3. The first-order valence-electron chi connectivity index (χ1n) is 6.22. The summed E-state index contributed by atoms with van der Waals surface area (Å²) in [7, 11) is 0. The van der Waals surface area contributed by atoms with E-state index in [2.05, 4.69) is 25.1 Å². The van der Waals surface area contributed by atoms with Gasteiger partial charge >= 0.3 is 5.97 Å². The van der Waals surface area contributed by atoms with E-state index in [0.717, 1.165) is 25.1 Å². The number of hydrogen-bond acceptors (Lipinski definition) is 2. The summed E-state index contributed by atoms with van der Waals surface area (Å²) in [6.45, 7) is 4.86. The van der Waals surface area contributed by atoms with Crippen LogP contribution in [0.25, 0.3) is 0 Å². The lowest BCUT2D eigenvalue weighted by Gasteiger charge is -2.35. The van der Waals surface area contributed by atoms with E-state index in [9.17, 15) is 9.90 Å². The lowest BCUT2D eigenvalue weighted by molar-refractivity contribution is -0.138. The van der Waals surface area contributed by atoms with Gasteiger partial charge in [-0.05, 0) is 37.8 Å². The predicted octanol–water partition coefficient (Wildman–Crippen LogP) is 2.61. The van der Waals surface area contributed by atoms with Crippen molar-refractivity contribution in [2.45, 2.75) is 39.2 Å². The first kappa shape index (κ1) is 12.0. The summed E-state index contributed by atoms with van der Waals surface area (Å²) in [6, 6.07) is 5.91. The smallest absolute Gasteiger partial charge is 0.326 e. The molecule has 1 N–H and O–H groups in total. The molecule has 1 aliphatic heterocycles. The van der Waals surface area contributed by atoms with Crippen LogP contribution in [-0.2, 0) is 11.2 Å². The standard InChI is InChI=1S/C14H19NO2/c1-3-12(14(16)17)15-8-4-5-11-9-10(2)6-7-13(11)15/h6-7,9,12H,3-5,8H2,1-2H3,(H,16,17). The molecule has 3 nitrogen and oxygen atoms in total. The third-order valence-electron chi connectivity index (χ3n) is 3.44. The molecule has 1 heterocycles. The van der Waals surface area contributed by atoms with Gasteiger partial charge in [-0.1, -0.05) is 24.6 Å². The molecule has 0 bridgehead atoms. The molecule has 1 aromatic carbocycles. The molecule has 0 fully saturated rings. The van der Waals surface area contributed by atoms with Gasteiger partial charge in [0, 0.05) is 12.2 Å². The number of carboxylic acid groups (broad SMARTS) is 1. The van der Waals surface area contributed by atoms with Crippen molar-refractivity contribution < 1.29 is 9.90 Å². The van der Waals surface area contributed by atoms with E-state index in [1.54, 1.807) is 0 Å². The van der Waals surface area contributed by atoms with E-state index >= 15 is 0 Å². The first-order valence-corrected chi connectivity index (χ1v) is 6.22. The Balaban J connectivity index is 2.37. The molecule has 92 valence electrons. The zero-order chi connectivity index (χ0) is 12.4. The zero-order valence-electron chi connectivity index (χ0n) is 10.4. The molecule has 0 saturated heterocycles. The van der Waals surface area contributed by atoms with Gasteiger partial charge in [-0.15, -0.1) is 0 Å². The second kappa shape index (κ2) is 4.78. The van der Waals surface area contributed by atoms with Crippen LogP contribution in [0.1, 0.15) is 30.9 Å². The Kier molecular flexibility index (Phi) is 3.36. The minimum Gasteiger partial charge on any atom is -0.480 e. The number of carbonyl (C=O) groups is 1. The van der Waals surface area contributed by atoms with Crippen LogP contribution in [0.4, 0.5) is 5.69 Å². The summed E-state index contributed by atoms with van der Waals surface area (Å²) >= 11 is 0. The highest BCUT2D eigenvalue weighted by atomic mass is 16.4. The van der Waals surface area contributed by atoms with E-state index in [4.69, 9.17) is 0 Å². The number of fused-ring (bicyclic) bond motifs is 1. The summed E-state index contributed by atoms with van der Waals surface area (Å²) in [5, 5.41) is 9.26. The van der Waals surface area contributed by atoms with E-state index in [-0.39, 0.29) is 0 Å². The maximum Gasteiger partial charge on any atom is 0.326 e. The zero-order valence-corrected chi connectivity index (χ0v) is 10.4. The van der Waals surface area contributed by atoms with Crippen LogP contribution >= 0.6 is 0 Å². The topological polar surface area (TPSA) is 40.5 Å². The Morgan fingerprint density at radius 1 is 1.53 bits per heavy atom. The van der Waals surface area contributed by atoms with E-state index < -0.39 is 12.0 Å². The molecule has 0 radical (unpaired) electrons. The predicted molar refractivity (Wildman–Crippen MR) is 68.6 cm³/mol. The molecule has 0 saturated carbocycles. The van der Waals surface area contributed by atoms with Crippen molar-refractivity contribution in [1.82, 2.24) is 0 Å². The van der Waals surface area contributed by atoms with E-state index in [1.807, 2.05) is 11.8 Å². The van der Waals surface area contributed by atoms with Gasteiger partial charge in [0.15, 0.2) is 0 Å². The molecular weight excluding hydrogens is 214 g/mol. The molecule has 3 heteroatoms. The number of carboxylic acids is 1. The van der Waals surface area contributed by atoms with Gasteiger partial charge in [0.25, 0.3) is 0 Å². The molecule has 0 aromatic heterocycles. The number of aliphatic carboxylic acids is 1. The molecule has 1 aliphatic rings. The summed E-state index contributed by atoms with van der Waals surface area (Å²) < 4.78 is 0. The number of aryl methyl sites for hydroxylation is 2. The second-order valence-electron chi connectivity index (χ2n) is 4.69. The van der Waals surface area contributed by atoms with E-state index in [1.165, 1.54) is 11.1 Å². The van der Waals surface area contributed by atoms with Crippen molar-refractivity contribution in [2.24, 2.45) is 0 Å². The van der Waals surface area contributed by atoms with Crippen molar-refractivity contribution >= 4 is 11.7 Å². The third-order valence-corrected chi connectivity index (χ3v) is 3.44. The Morgan fingerprint density at radius 2 is 2.29 bits per heavy atom. The second-order valence-corrected chi connectivity index (χ2v) is 4.69. The van der Waals surface area contributed by atoms with Crippen LogP contribution in [0.15, 0.2) is 18.2 Å². The van der Waals surface area contributed by atoms with Crippen LogP contribution in [0.3, 0.4) is 0 Å². The van der Waals surface area contributed by atoms with Crippen molar-refractivity contribution in [3.8, 4) is 0 Å². The average molecular weight is 233 g/mol. The van der Waals surface area contributed by atoms with Gasteiger partial charge in [0.05, 0.1) is 0 Å². The average Bonchev–Trinajstić information content (AvgIpc) is 2.29. The molecule has 1 unspecified atom stereocenters. The lowest BCUT2D eigenvalue weighted by atomic mass is 9.97. The molecule has 0 amide bonds. The van der Waals surface area contributed by atoms with Crippen molar-refractivity contribution in [3.63, 3.8) is 0 Å². The quantitative estimate of drug-likeness (QED) is 0.872. The molecule has 2 rings (SSSR count). The van der Waals surface area contributed by atoms with E-state index in [0.29, 0.717) is 6.42 Å². The van der Waals surface area contributed by atoms with Crippen molar-refractivity contribution in [2.75, 3.05) is 11.4 Å². The van der Waals surface area contributed by atoms with Gasteiger partial charge < -0.3 is 10.0 Å². The maximum absolute atomic E-state index is 11.3. The van der Waals surface area contributed by atoms with Gasteiger partial charge in [-0.3, -0.25) is 0 Å². The number of benzene rings is 1. The molecule has 1 atom stereocenters. The SMILES string of the molecule is CCC(C(=O)O)N1CCCc2cc(C)ccc21. The summed E-state index contributed by atoms with van der Waals surface area (Å²) in [5.41, 5.74) is 3.64. The Hall–Kier alpha value is -1.51. The fourth-order valence-corrected chi connectivity index (χ4v) is 2.61. The highest BCUT2D eigenvalue weighted by Crippen LogP contribution is 2.30. The Morgan fingerprint density at radius 3 is 2.94 bits per heavy atom. The fraction of sp³-hybridized carbons (Fsp3) is 0.500. The van der Waals surface area contributed by atoms with Crippen molar-refractivity contribution in [3.05, 3.63) is 29.3 Å². The molecule has 17 heavy (non-hydrogen) atoms. The number of anilines is 1. The largest absolute Gasteiger partial charge is 0.480 e. The molecule has 0 aliphatic carbocycles. The fourth-order valence-electron chi connectivity index (χ4n) is 2.61. The van der Waals surface area contributed by atoms with Crippen LogP contribution in [0, 0.1) is 6.92 Å². The summed E-state index contributed by atoms with van der Waals surface area (Å²) in [5.74, 6) is -0.721. The monoisotopic (exact) mass is 233 g/mol. The molecule has 0 spiro atoms. The Labute approximate surface area is 102 Å². The highest BCUT2D eigenvalue weighted by Gasteiger charge is 2.27. The minimum absolute atomic E-state index is 0.392. The normalized spacial score (nSPS) is 16.5. The van der Waals surface area contributed by atoms with Gasteiger partial charge in [0.2, 0.25) is 0 Å². The summed E-state index contributed by atoms with van der Waals surface area (Å²) in [6.07, 6.45) is 2.74. The molecule has 1 aromatic rings. The maximum atomic E-state index is 11.3. The number of rotatable bonds is 3. The lowest BCUT2D eigenvalue weighted by Crippen LogP contribution is -2.43. The van der Waals surface area contributed by atoms with Gasteiger partial charge in [-0.2, -0.15) is 0 Å². The molecular formula is C14H19NO2. The highest BCUT2D eigenvalue weighted by molar-refractivity contribution is 5.79. The Bertz CT molecular complexity index is 428. The number of nitrogens with zero attached hydrogens (tertiary/aromatic N) is 1. The van der Waals surface area contributed by atoms with Crippen LogP contribution < -0.4 is 4.90 Å². The van der Waals surface area contributed by atoms with Crippen LogP contribution in [0.2, 0.25) is 0 Å². The van der Waals surface area contributed by atoms with Crippen LogP contribution in [0.5, 0.6) is 0 Å². The minimum atomic E-state index is -0.721. The van der Waals surface area contributed by atoms with Gasteiger partial charge in [0.1, 0.15) is 6.04 Å². The van der Waals surface area contributed by atoms with Crippen molar-refractivity contribution in [1.29, 1.82) is 0 Å². The van der Waals surface area contributed by atoms with Gasteiger partial charge in [-0.25, -0.2) is 4.79 Å². The third kappa shape index (κ3) is 2.28. The number of hydrogen-bond donors (Lipinski definition) is 1. The first-order chi connectivity index (χ1) is 8.13. The van der Waals surface area contributed by atoms with Crippen LogP contribution in [-0.4, -0.2) is 23.7 Å².